The van der Waals surface area contributed by atoms with E-state index >= 15 is 0 Å². The van der Waals surface area contributed by atoms with E-state index in [1.54, 1.807) is 0 Å². The number of amides is 1. The number of carbonyl (C=O) groups excluding carboxylic acids is 1. The standard InChI is InChI=1S/C13H17F2N3O/c1-18-4-2-9(3-5-18)17-13(19)8-6-10(14)12(16)11(15)7-8/h6-7,9H,2-5,16H2,1H3,(H,17,19). The van der Waals surface area contributed by atoms with Gasteiger partial charge in [0, 0.05) is 11.6 Å². The molecule has 1 fully saturated rings. The number of nitrogen functional groups attached to an aromatic ring is 1. The van der Waals surface area contributed by atoms with E-state index in [1.807, 2.05) is 7.05 Å². The number of anilines is 1. The molecule has 0 saturated carbocycles. The first-order chi connectivity index (χ1) is 8.97. The van der Waals surface area contributed by atoms with Gasteiger partial charge in [0.2, 0.25) is 0 Å². The first-order valence-corrected chi connectivity index (χ1v) is 6.21. The van der Waals surface area contributed by atoms with E-state index in [-0.39, 0.29) is 11.6 Å². The van der Waals surface area contributed by atoms with Crippen molar-refractivity contribution in [1.29, 1.82) is 0 Å². The Kier molecular flexibility index (Phi) is 3.99. The van der Waals surface area contributed by atoms with Gasteiger partial charge in [-0.3, -0.25) is 4.79 Å². The third kappa shape index (κ3) is 3.20. The van der Waals surface area contributed by atoms with Gasteiger partial charge < -0.3 is 16.0 Å². The number of halogens is 2. The molecule has 1 aromatic rings. The lowest BCUT2D eigenvalue weighted by Crippen LogP contribution is -2.43. The van der Waals surface area contributed by atoms with Crippen LogP contribution in [0.3, 0.4) is 0 Å². The summed E-state index contributed by atoms with van der Waals surface area (Å²) < 4.78 is 26.6. The molecule has 1 aliphatic heterocycles. The van der Waals surface area contributed by atoms with Crippen molar-refractivity contribution in [3.63, 3.8) is 0 Å². The number of benzene rings is 1. The maximum atomic E-state index is 13.3. The number of likely N-dealkylation sites (tertiary alicyclic amines) is 1. The zero-order valence-corrected chi connectivity index (χ0v) is 10.7. The molecule has 1 heterocycles. The van der Waals surface area contributed by atoms with Gasteiger partial charge in [-0.05, 0) is 45.1 Å². The number of hydrogen-bond donors (Lipinski definition) is 2. The van der Waals surface area contributed by atoms with E-state index in [4.69, 9.17) is 5.73 Å². The van der Waals surface area contributed by atoms with Gasteiger partial charge in [-0.1, -0.05) is 0 Å². The first-order valence-electron chi connectivity index (χ1n) is 6.21. The van der Waals surface area contributed by atoms with Crippen molar-refractivity contribution in [2.75, 3.05) is 25.9 Å². The van der Waals surface area contributed by atoms with Crippen LogP contribution in [0.5, 0.6) is 0 Å². The summed E-state index contributed by atoms with van der Waals surface area (Å²) in [6.45, 7) is 1.80. The Hall–Kier alpha value is -1.69. The van der Waals surface area contributed by atoms with Crippen LogP contribution in [-0.2, 0) is 0 Å². The molecule has 1 saturated heterocycles. The lowest BCUT2D eigenvalue weighted by Gasteiger charge is -2.29. The molecule has 6 heteroatoms. The van der Waals surface area contributed by atoms with Crippen molar-refractivity contribution in [2.45, 2.75) is 18.9 Å². The Balaban J connectivity index is 2.04. The largest absolute Gasteiger partial charge is 0.394 e. The van der Waals surface area contributed by atoms with Gasteiger partial charge in [0.15, 0.2) is 0 Å². The minimum atomic E-state index is -0.909. The molecule has 19 heavy (non-hydrogen) atoms. The maximum absolute atomic E-state index is 13.3. The van der Waals surface area contributed by atoms with Crippen LogP contribution in [0.4, 0.5) is 14.5 Å². The highest BCUT2D eigenvalue weighted by molar-refractivity contribution is 5.94. The normalized spacial score (nSPS) is 17.4. The molecule has 1 aromatic carbocycles. The van der Waals surface area contributed by atoms with Crippen molar-refractivity contribution in [3.8, 4) is 0 Å². The van der Waals surface area contributed by atoms with Crippen LogP contribution in [-0.4, -0.2) is 37.0 Å². The molecule has 104 valence electrons. The summed E-state index contributed by atoms with van der Waals surface area (Å²) in [5.74, 6) is -2.28. The Morgan fingerprint density at radius 2 is 1.84 bits per heavy atom. The average Bonchev–Trinajstić information content (AvgIpc) is 2.38. The van der Waals surface area contributed by atoms with Crippen LogP contribution in [0, 0.1) is 11.6 Å². The first kappa shape index (κ1) is 13.7. The molecule has 1 amide bonds. The number of nitrogens with two attached hydrogens (primary N) is 1. The predicted molar refractivity (Wildman–Crippen MR) is 68.8 cm³/mol. The lowest BCUT2D eigenvalue weighted by atomic mass is 10.0. The van der Waals surface area contributed by atoms with Gasteiger partial charge in [-0.2, -0.15) is 0 Å². The second-order valence-electron chi connectivity index (χ2n) is 4.90. The van der Waals surface area contributed by atoms with Gasteiger partial charge in [0.05, 0.1) is 0 Å². The number of piperidine rings is 1. The highest BCUT2D eigenvalue weighted by atomic mass is 19.1. The van der Waals surface area contributed by atoms with E-state index in [9.17, 15) is 13.6 Å². The van der Waals surface area contributed by atoms with Crippen molar-refractivity contribution < 1.29 is 13.6 Å². The third-order valence-electron chi connectivity index (χ3n) is 3.40. The maximum Gasteiger partial charge on any atom is 0.251 e. The SMILES string of the molecule is CN1CCC(NC(=O)c2cc(F)c(N)c(F)c2)CC1. The second kappa shape index (κ2) is 5.52. The van der Waals surface area contributed by atoms with E-state index < -0.39 is 23.2 Å². The zero-order chi connectivity index (χ0) is 14.0. The summed E-state index contributed by atoms with van der Waals surface area (Å²) in [7, 11) is 2.02. The van der Waals surface area contributed by atoms with Crippen LogP contribution in [0.2, 0.25) is 0 Å². The minimum Gasteiger partial charge on any atom is -0.394 e. The molecular formula is C13H17F2N3O. The molecule has 0 atom stereocenters. The van der Waals surface area contributed by atoms with Gasteiger partial charge in [-0.15, -0.1) is 0 Å². The second-order valence-corrected chi connectivity index (χ2v) is 4.90. The molecule has 0 aliphatic carbocycles. The smallest absolute Gasteiger partial charge is 0.251 e. The number of hydrogen-bond acceptors (Lipinski definition) is 3. The van der Waals surface area contributed by atoms with Crippen LogP contribution in [0.15, 0.2) is 12.1 Å². The summed E-state index contributed by atoms with van der Waals surface area (Å²) in [6, 6.07) is 1.97. The molecule has 2 rings (SSSR count). The molecule has 0 unspecified atom stereocenters. The summed E-state index contributed by atoms with van der Waals surface area (Å²) >= 11 is 0. The minimum absolute atomic E-state index is 0.0388. The Bertz CT molecular complexity index is 462. The lowest BCUT2D eigenvalue weighted by molar-refractivity contribution is 0.0916. The van der Waals surface area contributed by atoms with Crippen LogP contribution >= 0.6 is 0 Å². The number of carbonyl (C=O) groups is 1. The highest BCUT2D eigenvalue weighted by Gasteiger charge is 2.20. The molecular weight excluding hydrogens is 252 g/mol. The zero-order valence-electron chi connectivity index (χ0n) is 10.7. The summed E-state index contributed by atoms with van der Waals surface area (Å²) in [4.78, 5) is 14.1. The fraction of sp³-hybridized carbons (Fsp3) is 0.462. The summed E-state index contributed by atoms with van der Waals surface area (Å²) in [5.41, 5.74) is 4.57. The van der Waals surface area contributed by atoms with Gasteiger partial charge in [-0.25, -0.2) is 8.78 Å². The van der Waals surface area contributed by atoms with Gasteiger partial charge in [0.1, 0.15) is 17.3 Å². The molecule has 1 aliphatic rings. The van der Waals surface area contributed by atoms with Crippen LogP contribution in [0.1, 0.15) is 23.2 Å². The van der Waals surface area contributed by atoms with Crippen LogP contribution < -0.4 is 11.1 Å². The number of nitrogens with zero attached hydrogens (tertiary/aromatic N) is 1. The Morgan fingerprint density at radius 1 is 1.32 bits per heavy atom. The molecule has 0 bridgehead atoms. The summed E-state index contributed by atoms with van der Waals surface area (Å²) in [6.07, 6.45) is 1.67. The molecule has 3 N–H and O–H groups in total. The number of nitrogens with one attached hydrogen (secondary N) is 1. The highest BCUT2D eigenvalue weighted by Crippen LogP contribution is 2.18. The van der Waals surface area contributed by atoms with Gasteiger partial charge >= 0.3 is 0 Å². The Labute approximate surface area is 110 Å². The molecule has 4 nitrogen and oxygen atoms in total. The summed E-state index contributed by atoms with van der Waals surface area (Å²) in [5, 5.41) is 2.79. The molecule has 0 aromatic heterocycles. The van der Waals surface area contributed by atoms with Crippen LogP contribution in [0.25, 0.3) is 0 Å². The third-order valence-corrected chi connectivity index (χ3v) is 3.40. The Morgan fingerprint density at radius 3 is 2.37 bits per heavy atom. The number of rotatable bonds is 2. The van der Waals surface area contributed by atoms with Gasteiger partial charge in [0.25, 0.3) is 5.91 Å². The van der Waals surface area contributed by atoms with E-state index in [0.29, 0.717) is 0 Å². The monoisotopic (exact) mass is 269 g/mol. The molecule has 0 spiro atoms. The fourth-order valence-electron chi connectivity index (χ4n) is 2.14. The van der Waals surface area contributed by atoms with E-state index in [2.05, 4.69) is 10.2 Å². The molecule has 0 radical (unpaired) electrons. The van der Waals surface area contributed by atoms with E-state index in [0.717, 1.165) is 38.1 Å². The predicted octanol–water partition coefficient (Wildman–Crippen LogP) is 1.37. The van der Waals surface area contributed by atoms with E-state index in [1.165, 1.54) is 0 Å². The average molecular weight is 269 g/mol. The fourth-order valence-corrected chi connectivity index (χ4v) is 2.14. The quantitative estimate of drug-likeness (QED) is 0.797. The van der Waals surface area contributed by atoms with Crippen molar-refractivity contribution in [1.82, 2.24) is 10.2 Å². The van der Waals surface area contributed by atoms with Crippen molar-refractivity contribution in [2.24, 2.45) is 0 Å². The van der Waals surface area contributed by atoms with Crippen molar-refractivity contribution in [3.05, 3.63) is 29.3 Å². The van der Waals surface area contributed by atoms with Crippen molar-refractivity contribution >= 4 is 11.6 Å². The topological polar surface area (TPSA) is 58.4 Å².